The van der Waals surface area contributed by atoms with Crippen LogP contribution < -0.4 is 11.1 Å². The van der Waals surface area contributed by atoms with Crippen molar-refractivity contribution < 1.29 is 34.2 Å². The number of ketones is 4. The molecule has 2 unspecified atom stereocenters. The Bertz CT molecular complexity index is 1120. The second kappa shape index (κ2) is 8.09. The Kier molecular flexibility index (Phi) is 5.77. The van der Waals surface area contributed by atoms with E-state index in [0.29, 0.717) is 24.2 Å². The molecule has 3 aliphatic rings. The molecule has 9 heteroatoms. The van der Waals surface area contributed by atoms with Crippen molar-refractivity contribution in [3.63, 3.8) is 0 Å². The maximum atomic E-state index is 13.5. The average molecular weight is 471 g/mol. The third-order valence-corrected chi connectivity index (χ3v) is 7.33. The van der Waals surface area contributed by atoms with E-state index in [2.05, 4.69) is 26.1 Å². The van der Waals surface area contributed by atoms with E-state index >= 15 is 0 Å². The zero-order chi connectivity index (χ0) is 25.2. The van der Waals surface area contributed by atoms with Crippen molar-refractivity contribution in [2.45, 2.75) is 52.2 Å². The highest BCUT2D eigenvalue weighted by molar-refractivity contribution is 6.31. The molecular formula is C25H30N2O7. The minimum Gasteiger partial charge on any atom is -0.507 e. The summed E-state index contributed by atoms with van der Waals surface area (Å²) in [7, 11) is 0. The molecule has 5 N–H and O–H groups in total. The smallest absolute Gasteiger partial charge is 0.235 e. The fourth-order valence-electron chi connectivity index (χ4n) is 5.70. The van der Waals surface area contributed by atoms with E-state index in [-0.39, 0.29) is 36.0 Å². The van der Waals surface area contributed by atoms with Crippen LogP contribution in [0, 0.1) is 29.1 Å². The molecule has 0 spiro atoms. The normalized spacial score (nSPS) is 31.1. The molecule has 5 atom stereocenters. The van der Waals surface area contributed by atoms with Crippen molar-refractivity contribution in [2.24, 2.45) is 34.8 Å². The van der Waals surface area contributed by atoms with E-state index in [9.17, 15) is 34.2 Å². The van der Waals surface area contributed by atoms with Crippen LogP contribution in [0.5, 0.6) is 5.75 Å². The number of primary amides is 1. The highest BCUT2D eigenvalue weighted by atomic mass is 16.3. The first-order valence-electron chi connectivity index (χ1n) is 11.5. The highest BCUT2D eigenvalue weighted by Gasteiger charge is 2.66. The summed E-state index contributed by atoms with van der Waals surface area (Å²) in [5.41, 5.74) is 3.70. The van der Waals surface area contributed by atoms with E-state index in [1.807, 2.05) is 0 Å². The maximum absolute atomic E-state index is 13.5. The minimum atomic E-state index is -2.62. The molecule has 0 radical (unpaired) electrons. The van der Waals surface area contributed by atoms with Crippen LogP contribution in [0.1, 0.15) is 55.1 Å². The molecule has 182 valence electrons. The lowest BCUT2D eigenvalue weighted by Gasteiger charge is -2.48. The Balaban J connectivity index is 1.68. The lowest BCUT2D eigenvalue weighted by atomic mass is 9.54. The largest absolute Gasteiger partial charge is 0.507 e. The van der Waals surface area contributed by atoms with Crippen molar-refractivity contribution in [1.82, 2.24) is 5.32 Å². The van der Waals surface area contributed by atoms with Gasteiger partial charge in [0.1, 0.15) is 5.75 Å². The van der Waals surface area contributed by atoms with Gasteiger partial charge in [-0.25, -0.2) is 0 Å². The summed E-state index contributed by atoms with van der Waals surface area (Å²) in [5.74, 6) is -9.84. The van der Waals surface area contributed by atoms with Crippen LogP contribution in [0.2, 0.25) is 0 Å². The summed E-state index contributed by atoms with van der Waals surface area (Å²) in [6.45, 7) is 7.18. The van der Waals surface area contributed by atoms with Gasteiger partial charge in [-0.2, -0.15) is 0 Å². The number of hydrogen-bond acceptors (Lipinski definition) is 8. The van der Waals surface area contributed by atoms with Crippen LogP contribution in [0.3, 0.4) is 0 Å². The predicted molar refractivity (Wildman–Crippen MR) is 120 cm³/mol. The molecule has 0 heterocycles. The molecule has 2 fully saturated rings. The van der Waals surface area contributed by atoms with Gasteiger partial charge in [-0.05, 0) is 29.7 Å². The summed E-state index contributed by atoms with van der Waals surface area (Å²) < 4.78 is 0. The SMILES string of the molecule is CC(C)(C)CNCc1ccc2c(c1O)C(=O)C1C(=O)[C@]3(O)C(=O)C(C(N)=O)C(=O)C[C@@H]3C[C@@H]1C2. The second-order valence-corrected chi connectivity index (χ2v) is 11.0. The topological polar surface area (TPSA) is 164 Å². The molecule has 34 heavy (non-hydrogen) atoms. The highest BCUT2D eigenvalue weighted by Crippen LogP contribution is 2.50. The molecule has 2 saturated carbocycles. The number of aliphatic hydroxyl groups is 1. The predicted octanol–water partition coefficient (Wildman–Crippen LogP) is 0.463. The first-order valence-corrected chi connectivity index (χ1v) is 11.5. The number of aromatic hydroxyl groups is 1. The molecule has 0 bridgehead atoms. The van der Waals surface area contributed by atoms with E-state index in [4.69, 9.17) is 5.73 Å². The number of nitrogens with two attached hydrogens (primary N) is 1. The van der Waals surface area contributed by atoms with Gasteiger partial charge in [0.2, 0.25) is 5.91 Å². The summed E-state index contributed by atoms with van der Waals surface area (Å²) in [5, 5.41) is 25.3. The van der Waals surface area contributed by atoms with Gasteiger partial charge >= 0.3 is 0 Å². The van der Waals surface area contributed by atoms with Crippen molar-refractivity contribution in [2.75, 3.05) is 6.54 Å². The van der Waals surface area contributed by atoms with E-state index < -0.39 is 58.3 Å². The van der Waals surface area contributed by atoms with Gasteiger partial charge in [-0.3, -0.25) is 24.0 Å². The summed E-state index contributed by atoms with van der Waals surface area (Å²) >= 11 is 0. The molecule has 0 aromatic heterocycles. The average Bonchev–Trinajstić information content (AvgIpc) is 2.71. The van der Waals surface area contributed by atoms with Gasteiger partial charge in [-0.15, -0.1) is 0 Å². The number of rotatable bonds is 4. The summed E-state index contributed by atoms with van der Waals surface area (Å²) in [6.07, 6.45) is 0.0428. The number of phenolic OH excluding ortho intramolecular Hbond substituents is 1. The number of amides is 1. The zero-order valence-corrected chi connectivity index (χ0v) is 19.5. The molecule has 0 aliphatic heterocycles. The van der Waals surface area contributed by atoms with Crippen LogP contribution >= 0.6 is 0 Å². The Morgan fingerprint density at radius 3 is 2.44 bits per heavy atom. The Hall–Kier alpha value is -2.91. The van der Waals surface area contributed by atoms with Crippen molar-refractivity contribution >= 4 is 29.0 Å². The van der Waals surface area contributed by atoms with Crippen molar-refractivity contribution in [1.29, 1.82) is 0 Å². The zero-order valence-electron chi connectivity index (χ0n) is 19.5. The van der Waals surface area contributed by atoms with Crippen molar-refractivity contribution in [3.8, 4) is 5.75 Å². The first kappa shape index (κ1) is 24.2. The molecule has 4 rings (SSSR count). The van der Waals surface area contributed by atoms with Gasteiger partial charge in [0.15, 0.2) is 34.7 Å². The maximum Gasteiger partial charge on any atom is 0.235 e. The van der Waals surface area contributed by atoms with Gasteiger partial charge in [0.25, 0.3) is 0 Å². The Labute approximate surface area is 197 Å². The number of nitrogens with one attached hydrogen (secondary N) is 1. The first-order chi connectivity index (χ1) is 15.8. The number of carbonyl (C=O) groups excluding carboxylic acids is 5. The quantitative estimate of drug-likeness (QED) is 0.461. The lowest BCUT2D eigenvalue weighted by molar-refractivity contribution is -0.175. The number of carbonyl (C=O) groups is 5. The van der Waals surface area contributed by atoms with Gasteiger partial charge < -0.3 is 21.3 Å². The Morgan fingerprint density at radius 1 is 1.15 bits per heavy atom. The fourth-order valence-corrected chi connectivity index (χ4v) is 5.70. The fraction of sp³-hybridized carbons (Fsp3) is 0.560. The van der Waals surface area contributed by atoms with Crippen LogP contribution in [0.15, 0.2) is 12.1 Å². The van der Waals surface area contributed by atoms with Crippen LogP contribution in [0.4, 0.5) is 0 Å². The lowest BCUT2D eigenvalue weighted by Crippen LogP contribution is -2.68. The number of fused-ring (bicyclic) bond motifs is 3. The van der Waals surface area contributed by atoms with Gasteiger partial charge in [0.05, 0.1) is 11.5 Å². The van der Waals surface area contributed by atoms with Crippen LogP contribution in [0.25, 0.3) is 0 Å². The third kappa shape index (κ3) is 3.67. The summed E-state index contributed by atoms with van der Waals surface area (Å²) in [4.78, 5) is 63.9. The second-order valence-electron chi connectivity index (χ2n) is 11.0. The standard InChI is InChI=1S/C25H30N2O7/c1-24(2,3)10-27-9-12-5-4-11-6-13-7-14-8-15(28)18(23(26)33)22(32)25(14,34)21(31)17(13)20(30)16(11)19(12)29/h4-5,13-14,17-18,27,29,34H,6-10H2,1-3H3,(H2,26,33)/t13-,14-,17?,18?,25-/m0/s1. The van der Waals surface area contributed by atoms with E-state index in [0.717, 1.165) is 0 Å². The Morgan fingerprint density at radius 2 is 1.82 bits per heavy atom. The van der Waals surface area contributed by atoms with E-state index in [1.54, 1.807) is 12.1 Å². The third-order valence-electron chi connectivity index (χ3n) is 7.33. The van der Waals surface area contributed by atoms with E-state index in [1.165, 1.54) is 0 Å². The molecule has 0 saturated heterocycles. The molecule has 9 nitrogen and oxygen atoms in total. The molecule has 1 aromatic rings. The number of Topliss-reactive ketones (excluding diaryl/α,β-unsaturated/α-hetero) is 4. The molecule has 1 amide bonds. The minimum absolute atomic E-state index is 0.0179. The number of benzene rings is 1. The van der Waals surface area contributed by atoms with Gasteiger partial charge in [0, 0.05) is 31.0 Å². The van der Waals surface area contributed by atoms with Crippen molar-refractivity contribution in [3.05, 3.63) is 28.8 Å². The molecule has 1 aromatic carbocycles. The summed E-state index contributed by atoms with van der Waals surface area (Å²) in [6, 6.07) is 3.49. The van der Waals surface area contributed by atoms with Crippen LogP contribution in [-0.2, 0) is 32.1 Å². The molecule has 3 aliphatic carbocycles. The van der Waals surface area contributed by atoms with Crippen LogP contribution in [-0.4, -0.2) is 51.4 Å². The molecular weight excluding hydrogens is 440 g/mol. The number of hydrogen-bond donors (Lipinski definition) is 4. The number of phenols is 1. The van der Waals surface area contributed by atoms with Gasteiger partial charge in [-0.1, -0.05) is 32.9 Å². The monoisotopic (exact) mass is 470 g/mol.